The third-order valence-electron chi connectivity index (χ3n) is 3.15. The average Bonchev–Trinajstić information content (AvgIpc) is 2.56. The van der Waals surface area contributed by atoms with Gasteiger partial charge in [-0.05, 0) is 46.6 Å². The van der Waals surface area contributed by atoms with Crippen LogP contribution in [-0.2, 0) is 11.3 Å². The summed E-state index contributed by atoms with van der Waals surface area (Å²) in [6.45, 7) is 11.3. The second-order valence-electron chi connectivity index (χ2n) is 7.31. The lowest BCUT2D eigenvalue weighted by molar-refractivity contribution is 0.0527. The van der Waals surface area contributed by atoms with E-state index in [2.05, 4.69) is 25.9 Å². The Morgan fingerprint density at radius 2 is 1.86 bits per heavy atom. The largest absolute Gasteiger partial charge is 0.475 e. The van der Waals surface area contributed by atoms with Crippen LogP contribution in [0.15, 0.2) is 23.3 Å². The summed E-state index contributed by atoms with van der Waals surface area (Å²) in [6.07, 6.45) is 2.24. The predicted molar refractivity (Wildman–Crippen MR) is 122 cm³/mol. The molecule has 8 nitrogen and oxygen atoms in total. The molecule has 0 aliphatic rings. The molecule has 0 unspecified atom stereocenters. The highest BCUT2D eigenvalue weighted by Crippen LogP contribution is 2.09. The van der Waals surface area contributed by atoms with E-state index in [-0.39, 0.29) is 30.1 Å². The lowest BCUT2D eigenvalue weighted by Crippen LogP contribution is -2.39. The smallest absolute Gasteiger partial charge is 0.407 e. The number of halogens is 1. The number of nitrogens with zero attached hydrogens (tertiary/aromatic N) is 2. The van der Waals surface area contributed by atoms with Crippen LogP contribution in [0.25, 0.3) is 0 Å². The van der Waals surface area contributed by atoms with Crippen LogP contribution in [0.2, 0.25) is 0 Å². The number of hydrogen-bond donors (Lipinski definition) is 3. The van der Waals surface area contributed by atoms with E-state index < -0.39 is 11.7 Å². The number of amides is 1. The fraction of sp³-hybridized carbons (Fsp3) is 0.632. The van der Waals surface area contributed by atoms with Crippen LogP contribution in [0.5, 0.6) is 5.88 Å². The summed E-state index contributed by atoms with van der Waals surface area (Å²) in [5, 5.41) is 9.15. The van der Waals surface area contributed by atoms with E-state index in [4.69, 9.17) is 9.47 Å². The van der Waals surface area contributed by atoms with Gasteiger partial charge in [-0.2, -0.15) is 0 Å². The van der Waals surface area contributed by atoms with Gasteiger partial charge < -0.3 is 25.4 Å². The fourth-order valence-electron chi connectivity index (χ4n) is 2.03. The molecule has 0 saturated carbocycles. The first-order valence-corrected chi connectivity index (χ1v) is 9.22. The molecule has 0 fully saturated rings. The van der Waals surface area contributed by atoms with Crippen molar-refractivity contribution in [1.29, 1.82) is 0 Å². The van der Waals surface area contributed by atoms with Gasteiger partial charge in [-0.15, -0.1) is 24.0 Å². The summed E-state index contributed by atoms with van der Waals surface area (Å²) in [6, 6.07) is 3.82. The number of hydrogen-bond acceptors (Lipinski definition) is 5. The molecular formula is C19H34IN5O3. The van der Waals surface area contributed by atoms with Gasteiger partial charge in [-0.3, -0.25) is 4.99 Å². The van der Waals surface area contributed by atoms with Crippen LogP contribution in [-0.4, -0.2) is 48.9 Å². The van der Waals surface area contributed by atoms with Crippen molar-refractivity contribution in [2.45, 2.75) is 59.3 Å². The number of pyridine rings is 1. The topological polar surface area (TPSA) is 96.9 Å². The second-order valence-corrected chi connectivity index (χ2v) is 7.31. The van der Waals surface area contributed by atoms with Gasteiger partial charge in [0.25, 0.3) is 0 Å². The molecule has 0 bridgehead atoms. The minimum atomic E-state index is -0.484. The van der Waals surface area contributed by atoms with E-state index in [0.29, 0.717) is 31.5 Å². The van der Waals surface area contributed by atoms with Crippen molar-refractivity contribution in [3.8, 4) is 5.88 Å². The number of ether oxygens (including phenoxy) is 2. The summed E-state index contributed by atoms with van der Waals surface area (Å²) < 4.78 is 10.7. The minimum Gasteiger partial charge on any atom is -0.475 e. The molecule has 3 N–H and O–H groups in total. The summed E-state index contributed by atoms with van der Waals surface area (Å²) in [5.41, 5.74) is 0.545. The number of rotatable bonds is 8. The predicted octanol–water partition coefficient (Wildman–Crippen LogP) is 3.07. The zero-order valence-corrected chi connectivity index (χ0v) is 20.0. The Bertz CT molecular complexity index is 601. The Kier molecular flexibility index (Phi) is 12.6. The lowest BCUT2D eigenvalue weighted by atomic mass is 10.2. The zero-order chi connectivity index (χ0) is 20.3. The molecule has 0 radical (unpaired) electrons. The molecule has 0 spiro atoms. The van der Waals surface area contributed by atoms with Crippen molar-refractivity contribution in [3.05, 3.63) is 23.9 Å². The molecular weight excluding hydrogens is 473 g/mol. The van der Waals surface area contributed by atoms with E-state index >= 15 is 0 Å². The van der Waals surface area contributed by atoms with Crippen LogP contribution in [0, 0.1) is 0 Å². The van der Waals surface area contributed by atoms with E-state index in [1.54, 1.807) is 13.2 Å². The second kappa shape index (κ2) is 13.4. The van der Waals surface area contributed by atoms with Crippen molar-refractivity contribution in [2.75, 3.05) is 20.1 Å². The van der Waals surface area contributed by atoms with Gasteiger partial charge in [0.05, 0.1) is 6.10 Å². The normalized spacial score (nSPS) is 11.5. The van der Waals surface area contributed by atoms with Crippen molar-refractivity contribution in [2.24, 2.45) is 4.99 Å². The van der Waals surface area contributed by atoms with Gasteiger partial charge >= 0.3 is 6.09 Å². The van der Waals surface area contributed by atoms with E-state index in [1.165, 1.54) is 0 Å². The number of carbonyl (C=O) groups is 1. The fourth-order valence-corrected chi connectivity index (χ4v) is 2.03. The maximum absolute atomic E-state index is 11.5. The number of alkyl carbamates (subject to hydrolysis) is 1. The first-order chi connectivity index (χ1) is 12.7. The quantitative estimate of drug-likeness (QED) is 0.217. The third kappa shape index (κ3) is 12.6. The number of aliphatic imine (C=N–C) groups is 1. The van der Waals surface area contributed by atoms with Gasteiger partial charge in [0.15, 0.2) is 5.96 Å². The van der Waals surface area contributed by atoms with E-state index in [9.17, 15) is 4.79 Å². The Labute approximate surface area is 185 Å². The molecule has 1 aromatic heterocycles. The number of aromatic nitrogens is 1. The van der Waals surface area contributed by atoms with Crippen LogP contribution in [0.3, 0.4) is 0 Å². The van der Waals surface area contributed by atoms with E-state index in [1.807, 2.05) is 46.8 Å². The van der Waals surface area contributed by atoms with Gasteiger partial charge in [-0.25, -0.2) is 9.78 Å². The third-order valence-corrected chi connectivity index (χ3v) is 3.15. The molecule has 0 saturated heterocycles. The zero-order valence-electron chi connectivity index (χ0n) is 17.7. The monoisotopic (exact) mass is 507 g/mol. The Morgan fingerprint density at radius 1 is 1.18 bits per heavy atom. The summed E-state index contributed by atoms with van der Waals surface area (Å²) in [4.78, 5) is 20.0. The molecule has 28 heavy (non-hydrogen) atoms. The molecule has 1 heterocycles. The van der Waals surface area contributed by atoms with E-state index in [0.717, 1.165) is 12.0 Å². The highest BCUT2D eigenvalue weighted by Gasteiger charge is 2.15. The molecule has 0 aromatic carbocycles. The van der Waals surface area contributed by atoms with Gasteiger partial charge in [0.1, 0.15) is 5.60 Å². The molecule has 1 aromatic rings. The molecule has 9 heteroatoms. The SMILES string of the molecule is CN=C(NCCCNC(=O)OC(C)(C)C)NCc1ccc(OC(C)C)nc1.I. The molecule has 0 aliphatic carbocycles. The van der Waals surface area contributed by atoms with Crippen LogP contribution >= 0.6 is 24.0 Å². The summed E-state index contributed by atoms with van der Waals surface area (Å²) >= 11 is 0. The highest BCUT2D eigenvalue weighted by atomic mass is 127. The minimum absolute atomic E-state index is 0. The van der Waals surface area contributed by atoms with Crippen LogP contribution < -0.4 is 20.7 Å². The Balaban J connectivity index is 0.00000729. The maximum atomic E-state index is 11.5. The Morgan fingerprint density at radius 3 is 2.39 bits per heavy atom. The van der Waals surface area contributed by atoms with Crippen molar-refractivity contribution in [1.82, 2.24) is 20.9 Å². The summed E-state index contributed by atoms with van der Waals surface area (Å²) in [5.74, 6) is 1.31. The highest BCUT2D eigenvalue weighted by molar-refractivity contribution is 14.0. The first-order valence-electron chi connectivity index (χ1n) is 9.22. The average molecular weight is 507 g/mol. The molecule has 1 amide bonds. The Hall–Kier alpha value is -1.78. The standard InChI is InChI=1S/C19H33N5O3.HI/c1-14(2)26-16-9-8-15(12-23-16)13-24-17(20-6)21-10-7-11-22-18(25)27-19(3,4)5;/h8-9,12,14H,7,10-11,13H2,1-6H3,(H,22,25)(H2,20,21,24);1H. The van der Waals surface area contributed by atoms with Crippen molar-refractivity contribution >= 4 is 36.0 Å². The number of guanidine groups is 1. The van der Waals surface area contributed by atoms with Crippen LogP contribution in [0.1, 0.15) is 46.6 Å². The lowest BCUT2D eigenvalue weighted by Gasteiger charge is -2.19. The number of nitrogens with one attached hydrogen (secondary N) is 3. The first kappa shape index (κ1) is 26.2. The maximum Gasteiger partial charge on any atom is 0.407 e. The summed E-state index contributed by atoms with van der Waals surface area (Å²) in [7, 11) is 1.71. The molecule has 0 atom stereocenters. The van der Waals surface area contributed by atoms with Crippen molar-refractivity contribution in [3.63, 3.8) is 0 Å². The van der Waals surface area contributed by atoms with Gasteiger partial charge in [0.2, 0.25) is 5.88 Å². The van der Waals surface area contributed by atoms with Gasteiger partial charge in [0, 0.05) is 38.9 Å². The van der Waals surface area contributed by atoms with Crippen molar-refractivity contribution < 1.29 is 14.3 Å². The van der Waals surface area contributed by atoms with Gasteiger partial charge in [-0.1, -0.05) is 6.07 Å². The molecule has 1 rings (SSSR count). The van der Waals surface area contributed by atoms with Crippen LogP contribution in [0.4, 0.5) is 4.79 Å². The molecule has 160 valence electrons. The number of carbonyl (C=O) groups excluding carboxylic acids is 1. The molecule has 0 aliphatic heterocycles.